The molecule has 0 atom stereocenters. The summed E-state index contributed by atoms with van der Waals surface area (Å²) in [6, 6.07) is 7.32. The van der Waals surface area contributed by atoms with Crippen LogP contribution in [-0.4, -0.2) is 9.97 Å². The van der Waals surface area contributed by atoms with Gasteiger partial charge < -0.3 is 16.0 Å². The Morgan fingerprint density at radius 1 is 1.33 bits per heavy atom. The van der Waals surface area contributed by atoms with Gasteiger partial charge in [-0.05, 0) is 18.2 Å². The van der Waals surface area contributed by atoms with Crippen LogP contribution in [0.15, 0.2) is 41.5 Å². The zero-order chi connectivity index (χ0) is 10.7. The first-order valence-electron chi connectivity index (χ1n) is 4.41. The second-order valence-electron chi connectivity index (χ2n) is 3.06. The van der Waals surface area contributed by atoms with Crippen LogP contribution in [0.5, 0.6) is 0 Å². The highest BCUT2D eigenvalue weighted by Crippen LogP contribution is 2.16. The minimum absolute atomic E-state index is 0.367. The second kappa shape index (κ2) is 3.83. The summed E-state index contributed by atoms with van der Waals surface area (Å²) in [6.45, 7) is 0. The molecule has 0 aliphatic rings. The van der Waals surface area contributed by atoms with Gasteiger partial charge in [-0.25, -0.2) is 4.79 Å². The third kappa shape index (κ3) is 2.34. The van der Waals surface area contributed by atoms with Gasteiger partial charge in [0.2, 0.25) is 0 Å². The number of nitrogens with two attached hydrogens (primary N) is 1. The highest BCUT2D eigenvalue weighted by atomic mass is 16.1. The number of H-pyrrole nitrogens is 1. The Labute approximate surface area is 86.0 Å². The van der Waals surface area contributed by atoms with Gasteiger partial charge in [0.25, 0.3) is 0 Å². The molecule has 0 bridgehead atoms. The first kappa shape index (κ1) is 9.26. The smallest absolute Gasteiger partial charge is 0.345 e. The van der Waals surface area contributed by atoms with Crippen molar-refractivity contribution >= 4 is 17.1 Å². The highest BCUT2D eigenvalue weighted by Gasteiger charge is 1.95. The van der Waals surface area contributed by atoms with Crippen molar-refractivity contribution < 1.29 is 0 Å². The molecule has 76 valence electrons. The predicted molar refractivity (Wildman–Crippen MR) is 59.0 cm³/mol. The van der Waals surface area contributed by atoms with E-state index in [1.54, 1.807) is 18.3 Å². The van der Waals surface area contributed by atoms with Crippen molar-refractivity contribution in [1.29, 1.82) is 0 Å². The van der Waals surface area contributed by atoms with Gasteiger partial charge in [-0.15, -0.1) is 0 Å². The fourth-order valence-corrected chi connectivity index (χ4v) is 1.19. The predicted octanol–water partition coefficient (Wildman–Crippen LogP) is 1.10. The fraction of sp³-hybridized carbons (Fsp3) is 0. The van der Waals surface area contributed by atoms with E-state index in [4.69, 9.17) is 5.73 Å². The van der Waals surface area contributed by atoms with Gasteiger partial charge in [-0.2, -0.15) is 4.98 Å². The van der Waals surface area contributed by atoms with Crippen molar-refractivity contribution in [2.75, 3.05) is 11.1 Å². The number of aromatic amines is 1. The molecule has 0 aliphatic heterocycles. The van der Waals surface area contributed by atoms with E-state index in [2.05, 4.69) is 15.3 Å². The number of nitrogens with zero attached hydrogens (tertiary/aromatic N) is 1. The van der Waals surface area contributed by atoms with E-state index < -0.39 is 0 Å². The Balaban J connectivity index is 2.22. The van der Waals surface area contributed by atoms with E-state index in [9.17, 15) is 4.79 Å². The molecule has 1 aromatic heterocycles. The number of anilines is 3. The second-order valence-corrected chi connectivity index (χ2v) is 3.06. The molecule has 4 N–H and O–H groups in total. The third-order valence-electron chi connectivity index (χ3n) is 1.85. The van der Waals surface area contributed by atoms with Crippen molar-refractivity contribution in [3.8, 4) is 0 Å². The molecule has 0 radical (unpaired) electrons. The van der Waals surface area contributed by atoms with Crippen molar-refractivity contribution in [1.82, 2.24) is 9.97 Å². The lowest BCUT2D eigenvalue weighted by molar-refractivity contribution is 1.08. The maximum Gasteiger partial charge on any atom is 0.345 e. The number of benzene rings is 1. The summed E-state index contributed by atoms with van der Waals surface area (Å²) in [4.78, 5) is 16.8. The average molecular weight is 202 g/mol. The summed E-state index contributed by atoms with van der Waals surface area (Å²) >= 11 is 0. The Hall–Kier alpha value is -2.30. The maximum atomic E-state index is 10.7. The van der Waals surface area contributed by atoms with Crippen molar-refractivity contribution in [3.63, 3.8) is 0 Å². The molecule has 0 unspecified atom stereocenters. The molecule has 1 heterocycles. The van der Waals surface area contributed by atoms with Crippen molar-refractivity contribution in [2.24, 2.45) is 0 Å². The molecule has 5 heteroatoms. The third-order valence-corrected chi connectivity index (χ3v) is 1.85. The van der Waals surface area contributed by atoms with Crippen LogP contribution >= 0.6 is 0 Å². The Bertz CT molecular complexity index is 500. The Morgan fingerprint density at radius 3 is 2.87 bits per heavy atom. The number of hydrogen-bond donors (Lipinski definition) is 3. The van der Waals surface area contributed by atoms with Crippen molar-refractivity contribution in [3.05, 3.63) is 47.1 Å². The van der Waals surface area contributed by atoms with Crippen LogP contribution in [0.3, 0.4) is 0 Å². The van der Waals surface area contributed by atoms with Crippen LogP contribution < -0.4 is 16.7 Å². The van der Waals surface area contributed by atoms with Crippen LogP contribution in [0.2, 0.25) is 0 Å². The normalized spacial score (nSPS) is 9.87. The van der Waals surface area contributed by atoms with Gasteiger partial charge in [0.15, 0.2) is 0 Å². The molecular formula is C10H10N4O. The van der Waals surface area contributed by atoms with Crippen LogP contribution in [0.4, 0.5) is 17.1 Å². The van der Waals surface area contributed by atoms with Gasteiger partial charge in [0.1, 0.15) is 0 Å². The van der Waals surface area contributed by atoms with Gasteiger partial charge in [0, 0.05) is 17.6 Å². The lowest BCUT2D eigenvalue weighted by Gasteiger charge is -2.05. The Kier molecular flexibility index (Phi) is 2.37. The van der Waals surface area contributed by atoms with Gasteiger partial charge >= 0.3 is 5.69 Å². The zero-order valence-corrected chi connectivity index (χ0v) is 7.90. The summed E-state index contributed by atoms with van der Waals surface area (Å²) in [6.07, 6.45) is 3.01. The summed E-state index contributed by atoms with van der Waals surface area (Å²) in [5.74, 6) is 0. The number of nitrogens with one attached hydrogen (secondary N) is 2. The molecule has 0 aliphatic carbocycles. The highest BCUT2D eigenvalue weighted by molar-refractivity contribution is 5.62. The van der Waals surface area contributed by atoms with Crippen LogP contribution in [0.25, 0.3) is 0 Å². The van der Waals surface area contributed by atoms with Crippen LogP contribution in [0.1, 0.15) is 0 Å². The lowest BCUT2D eigenvalue weighted by atomic mass is 10.3. The summed E-state index contributed by atoms with van der Waals surface area (Å²) < 4.78 is 0. The van der Waals surface area contributed by atoms with Crippen LogP contribution in [-0.2, 0) is 0 Å². The van der Waals surface area contributed by atoms with Crippen LogP contribution in [0, 0.1) is 0 Å². The fourth-order valence-electron chi connectivity index (χ4n) is 1.19. The number of hydrogen-bond acceptors (Lipinski definition) is 4. The van der Waals surface area contributed by atoms with Gasteiger partial charge in [-0.3, -0.25) is 0 Å². The molecule has 5 nitrogen and oxygen atoms in total. The largest absolute Gasteiger partial charge is 0.399 e. The average Bonchev–Trinajstić information content (AvgIpc) is 2.22. The van der Waals surface area contributed by atoms with E-state index in [-0.39, 0.29) is 5.69 Å². The van der Waals surface area contributed by atoms with E-state index in [0.717, 1.165) is 5.69 Å². The molecule has 2 rings (SSSR count). The molecule has 0 saturated heterocycles. The minimum atomic E-state index is -0.367. The SMILES string of the molecule is Nc1cccc(Nc2cnc(=O)[nH]c2)c1. The van der Waals surface area contributed by atoms with Gasteiger partial charge in [-0.1, -0.05) is 6.07 Å². The molecule has 0 amide bonds. The topological polar surface area (TPSA) is 83.8 Å². The first-order valence-corrected chi connectivity index (χ1v) is 4.41. The molecule has 0 spiro atoms. The summed E-state index contributed by atoms with van der Waals surface area (Å²) in [5, 5.41) is 3.06. The minimum Gasteiger partial charge on any atom is -0.399 e. The van der Waals surface area contributed by atoms with E-state index in [0.29, 0.717) is 11.4 Å². The molecular weight excluding hydrogens is 192 g/mol. The molecule has 1 aromatic carbocycles. The van der Waals surface area contributed by atoms with E-state index >= 15 is 0 Å². The molecule has 2 aromatic rings. The summed E-state index contributed by atoms with van der Waals surface area (Å²) in [5.41, 5.74) is 7.49. The Morgan fingerprint density at radius 2 is 2.20 bits per heavy atom. The van der Waals surface area contributed by atoms with Gasteiger partial charge in [0.05, 0.1) is 11.9 Å². The number of rotatable bonds is 2. The molecule has 0 saturated carbocycles. The van der Waals surface area contributed by atoms with E-state index in [1.165, 1.54) is 6.20 Å². The zero-order valence-electron chi connectivity index (χ0n) is 7.90. The maximum absolute atomic E-state index is 10.7. The standard InChI is InChI=1S/C10H10N4O/c11-7-2-1-3-8(4-7)14-9-5-12-10(15)13-6-9/h1-6,14H,11H2,(H,12,13,15). The summed E-state index contributed by atoms with van der Waals surface area (Å²) in [7, 11) is 0. The molecule has 0 fully saturated rings. The van der Waals surface area contributed by atoms with E-state index in [1.807, 2.05) is 12.1 Å². The number of nitrogen functional groups attached to an aromatic ring is 1. The quantitative estimate of drug-likeness (QED) is 0.636. The molecule has 15 heavy (non-hydrogen) atoms. The first-order chi connectivity index (χ1) is 7.24. The number of aromatic nitrogens is 2. The monoisotopic (exact) mass is 202 g/mol. The van der Waals surface area contributed by atoms with Crippen molar-refractivity contribution in [2.45, 2.75) is 0 Å². The lowest BCUT2D eigenvalue weighted by Crippen LogP contribution is -2.08.